The largest absolute Gasteiger partial charge is 0.447 e. The third kappa shape index (κ3) is 3.92. The fraction of sp³-hybridized carbons (Fsp3) is 0.333. The van der Waals surface area contributed by atoms with Crippen molar-refractivity contribution in [3.05, 3.63) is 34.9 Å². The monoisotopic (exact) mass is 237 g/mol. The van der Waals surface area contributed by atoms with E-state index >= 15 is 0 Å². The van der Waals surface area contributed by atoms with Gasteiger partial charge in [0.15, 0.2) is 6.10 Å². The Morgan fingerprint density at radius 2 is 2.38 bits per heavy atom. The standard InChI is InChI=1S/C12H12ClNO2/c1-2-12(15)16-11(8-14)7-9-4-3-5-10(13)6-9/h3-6,11H,2,7H2,1H3. The summed E-state index contributed by atoms with van der Waals surface area (Å²) in [7, 11) is 0. The molecule has 0 spiro atoms. The number of halogens is 1. The number of esters is 1. The van der Waals surface area contributed by atoms with Crippen LogP contribution >= 0.6 is 11.6 Å². The molecule has 3 nitrogen and oxygen atoms in total. The summed E-state index contributed by atoms with van der Waals surface area (Å²) in [5, 5.41) is 9.45. The number of carbonyl (C=O) groups is 1. The van der Waals surface area contributed by atoms with E-state index in [0.717, 1.165) is 5.56 Å². The highest BCUT2D eigenvalue weighted by atomic mass is 35.5. The molecule has 0 bridgehead atoms. The van der Waals surface area contributed by atoms with Gasteiger partial charge in [-0.25, -0.2) is 0 Å². The average Bonchev–Trinajstić information content (AvgIpc) is 2.28. The Balaban J connectivity index is 2.64. The molecule has 0 amide bonds. The van der Waals surface area contributed by atoms with Crippen LogP contribution in [0, 0.1) is 11.3 Å². The van der Waals surface area contributed by atoms with E-state index in [1.807, 2.05) is 12.1 Å². The minimum absolute atomic E-state index is 0.272. The first-order valence-electron chi connectivity index (χ1n) is 4.99. The zero-order valence-corrected chi connectivity index (χ0v) is 9.70. The lowest BCUT2D eigenvalue weighted by Gasteiger charge is -2.10. The molecule has 0 aromatic heterocycles. The van der Waals surface area contributed by atoms with Crippen molar-refractivity contribution >= 4 is 17.6 Å². The number of benzene rings is 1. The van der Waals surface area contributed by atoms with Crippen LogP contribution in [-0.2, 0) is 16.0 Å². The smallest absolute Gasteiger partial charge is 0.306 e. The third-order valence-electron chi connectivity index (χ3n) is 2.02. The van der Waals surface area contributed by atoms with Crippen LogP contribution in [0.5, 0.6) is 0 Å². The van der Waals surface area contributed by atoms with Gasteiger partial charge in [0, 0.05) is 17.9 Å². The maximum absolute atomic E-state index is 11.0. The van der Waals surface area contributed by atoms with Crippen molar-refractivity contribution < 1.29 is 9.53 Å². The molecule has 0 aliphatic carbocycles. The Morgan fingerprint density at radius 3 is 2.94 bits per heavy atom. The lowest BCUT2D eigenvalue weighted by molar-refractivity contribution is -0.146. The summed E-state index contributed by atoms with van der Waals surface area (Å²) < 4.78 is 4.95. The summed E-state index contributed by atoms with van der Waals surface area (Å²) in [5.74, 6) is -0.367. The van der Waals surface area contributed by atoms with Crippen molar-refractivity contribution in [2.75, 3.05) is 0 Å². The molecule has 0 radical (unpaired) electrons. The van der Waals surface area contributed by atoms with E-state index < -0.39 is 6.10 Å². The van der Waals surface area contributed by atoms with Crippen molar-refractivity contribution in [3.8, 4) is 6.07 Å². The quantitative estimate of drug-likeness (QED) is 0.757. The fourth-order valence-electron chi connectivity index (χ4n) is 1.23. The van der Waals surface area contributed by atoms with E-state index in [0.29, 0.717) is 11.4 Å². The molecule has 1 unspecified atom stereocenters. The van der Waals surface area contributed by atoms with E-state index in [-0.39, 0.29) is 12.4 Å². The minimum atomic E-state index is -0.745. The molecular formula is C12H12ClNO2. The van der Waals surface area contributed by atoms with Crippen LogP contribution in [0.3, 0.4) is 0 Å². The maximum atomic E-state index is 11.0. The first-order chi connectivity index (χ1) is 7.65. The molecule has 1 aromatic carbocycles. The van der Waals surface area contributed by atoms with Gasteiger partial charge in [-0.2, -0.15) is 5.26 Å². The van der Waals surface area contributed by atoms with Crippen molar-refractivity contribution in [2.24, 2.45) is 0 Å². The molecule has 0 N–H and O–H groups in total. The van der Waals surface area contributed by atoms with Crippen LogP contribution in [-0.4, -0.2) is 12.1 Å². The van der Waals surface area contributed by atoms with Crippen molar-refractivity contribution in [1.29, 1.82) is 5.26 Å². The molecular weight excluding hydrogens is 226 g/mol. The van der Waals surface area contributed by atoms with Gasteiger partial charge in [-0.15, -0.1) is 0 Å². The van der Waals surface area contributed by atoms with E-state index in [4.69, 9.17) is 21.6 Å². The third-order valence-corrected chi connectivity index (χ3v) is 2.25. The Hall–Kier alpha value is -1.53. The molecule has 1 rings (SSSR count). The average molecular weight is 238 g/mol. The fourth-order valence-corrected chi connectivity index (χ4v) is 1.45. The van der Waals surface area contributed by atoms with Gasteiger partial charge in [0.2, 0.25) is 0 Å². The van der Waals surface area contributed by atoms with Crippen LogP contribution in [0.4, 0.5) is 0 Å². The van der Waals surface area contributed by atoms with Crippen molar-refractivity contribution in [1.82, 2.24) is 0 Å². The number of ether oxygens (including phenoxy) is 1. The summed E-state index contributed by atoms with van der Waals surface area (Å²) in [5.41, 5.74) is 0.878. The number of hydrogen-bond donors (Lipinski definition) is 0. The summed E-state index contributed by atoms with van der Waals surface area (Å²) in [6, 6.07) is 9.10. The van der Waals surface area contributed by atoms with Gasteiger partial charge in [0.25, 0.3) is 0 Å². The Morgan fingerprint density at radius 1 is 1.62 bits per heavy atom. The van der Waals surface area contributed by atoms with Crippen LogP contribution in [0.15, 0.2) is 24.3 Å². The zero-order valence-electron chi connectivity index (χ0n) is 8.94. The molecule has 1 aromatic rings. The van der Waals surface area contributed by atoms with E-state index in [2.05, 4.69) is 0 Å². The predicted octanol–water partition coefficient (Wildman–Crippen LogP) is 2.73. The zero-order chi connectivity index (χ0) is 12.0. The molecule has 0 saturated heterocycles. The van der Waals surface area contributed by atoms with Crippen LogP contribution < -0.4 is 0 Å². The summed E-state index contributed by atoms with van der Waals surface area (Å²) >= 11 is 5.81. The molecule has 4 heteroatoms. The van der Waals surface area contributed by atoms with E-state index in [1.165, 1.54) is 0 Å². The van der Waals surface area contributed by atoms with Gasteiger partial charge < -0.3 is 4.74 Å². The highest BCUT2D eigenvalue weighted by molar-refractivity contribution is 6.30. The van der Waals surface area contributed by atoms with Crippen molar-refractivity contribution in [2.45, 2.75) is 25.9 Å². The van der Waals surface area contributed by atoms with Gasteiger partial charge in [-0.3, -0.25) is 4.79 Å². The highest BCUT2D eigenvalue weighted by Gasteiger charge is 2.13. The molecule has 0 fully saturated rings. The second kappa shape index (κ2) is 6.14. The lowest BCUT2D eigenvalue weighted by atomic mass is 10.1. The van der Waals surface area contributed by atoms with Gasteiger partial charge in [0.1, 0.15) is 6.07 Å². The number of carbonyl (C=O) groups excluding carboxylic acids is 1. The normalized spacial score (nSPS) is 11.6. The molecule has 16 heavy (non-hydrogen) atoms. The van der Waals surface area contributed by atoms with Crippen LogP contribution in [0.25, 0.3) is 0 Å². The summed E-state index contributed by atoms with van der Waals surface area (Å²) in [6.45, 7) is 1.69. The second-order valence-corrected chi connectivity index (χ2v) is 3.73. The van der Waals surface area contributed by atoms with Crippen molar-refractivity contribution in [3.63, 3.8) is 0 Å². The van der Waals surface area contributed by atoms with E-state index in [1.54, 1.807) is 25.1 Å². The predicted molar refractivity (Wildman–Crippen MR) is 60.9 cm³/mol. The number of rotatable bonds is 4. The van der Waals surface area contributed by atoms with Gasteiger partial charge >= 0.3 is 5.97 Å². The molecule has 0 saturated carbocycles. The number of nitriles is 1. The van der Waals surface area contributed by atoms with Gasteiger partial charge in [-0.05, 0) is 17.7 Å². The first-order valence-corrected chi connectivity index (χ1v) is 5.37. The number of hydrogen-bond acceptors (Lipinski definition) is 3. The molecule has 0 heterocycles. The van der Waals surface area contributed by atoms with Gasteiger partial charge in [0.05, 0.1) is 0 Å². The number of nitrogens with zero attached hydrogens (tertiary/aromatic N) is 1. The Labute approximate surface area is 99.6 Å². The second-order valence-electron chi connectivity index (χ2n) is 3.30. The van der Waals surface area contributed by atoms with E-state index in [9.17, 15) is 4.79 Å². The topological polar surface area (TPSA) is 50.1 Å². The minimum Gasteiger partial charge on any atom is -0.447 e. The highest BCUT2D eigenvalue weighted by Crippen LogP contribution is 2.13. The van der Waals surface area contributed by atoms with Gasteiger partial charge in [-0.1, -0.05) is 30.7 Å². The lowest BCUT2D eigenvalue weighted by Crippen LogP contribution is -2.18. The Bertz CT molecular complexity index is 412. The summed E-state index contributed by atoms with van der Waals surface area (Å²) in [4.78, 5) is 11.0. The summed E-state index contributed by atoms with van der Waals surface area (Å²) in [6.07, 6.45) is -0.109. The Kier molecular flexibility index (Phi) is 4.81. The molecule has 0 aliphatic heterocycles. The molecule has 1 atom stereocenters. The SMILES string of the molecule is CCC(=O)OC(C#N)Cc1cccc(Cl)c1. The first kappa shape index (κ1) is 12.5. The molecule has 0 aliphatic rings. The molecule has 84 valence electrons. The van der Waals surface area contributed by atoms with Crippen LogP contribution in [0.2, 0.25) is 5.02 Å². The van der Waals surface area contributed by atoms with Crippen LogP contribution in [0.1, 0.15) is 18.9 Å². The maximum Gasteiger partial charge on any atom is 0.306 e.